The summed E-state index contributed by atoms with van der Waals surface area (Å²) in [4.78, 5) is 10.9. The van der Waals surface area contributed by atoms with Crippen molar-refractivity contribution in [3.8, 4) is 0 Å². The predicted molar refractivity (Wildman–Crippen MR) is 61.2 cm³/mol. The van der Waals surface area contributed by atoms with Gasteiger partial charge in [0.15, 0.2) is 0 Å². The molecule has 92 valence electrons. The van der Waals surface area contributed by atoms with Gasteiger partial charge in [-0.1, -0.05) is 30.3 Å². The lowest BCUT2D eigenvalue weighted by atomic mass is 10.1. The Labute approximate surface area is 100 Å². The van der Waals surface area contributed by atoms with Crippen molar-refractivity contribution in [2.24, 2.45) is 0 Å². The first-order chi connectivity index (χ1) is 8.25. The summed E-state index contributed by atoms with van der Waals surface area (Å²) in [5.41, 5.74) is 1.06. The molecule has 1 aromatic rings. The fraction of sp³-hybridized carbons (Fsp3) is 0.462. The molecule has 2 atom stereocenters. The zero-order chi connectivity index (χ0) is 12.1. The molecule has 1 aromatic carbocycles. The van der Waals surface area contributed by atoms with Gasteiger partial charge in [0.1, 0.15) is 12.2 Å². The molecule has 0 aliphatic carbocycles. The van der Waals surface area contributed by atoms with E-state index in [4.69, 9.17) is 9.47 Å². The number of ether oxygens (including phenoxy) is 2. The molecule has 0 unspecified atom stereocenters. The maximum Gasteiger partial charge on any atom is 0.306 e. The third-order valence-electron chi connectivity index (χ3n) is 2.75. The number of rotatable bonds is 5. The van der Waals surface area contributed by atoms with Crippen LogP contribution >= 0.6 is 0 Å². The van der Waals surface area contributed by atoms with E-state index in [-0.39, 0.29) is 12.6 Å². The van der Waals surface area contributed by atoms with Crippen molar-refractivity contribution in [1.29, 1.82) is 0 Å². The molecule has 1 N–H and O–H groups in total. The number of benzene rings is 1. The Kier molecular flexibility index (Phi) is 4.12. The molecule has 1 aliphatic heterocycles. The number of esters is 1. The molecule has 1 aliphatic rings. The normalized spacial score (nSPS) is 21.2. The van der Waals surface area contributed by atoms with Gasteiger partial charge in [-0.3, -0.25) is 4.79 Å². The largest absolute Gasteiger partial charge is 0.459 e. The minimum absolute atomic E-state index is 0.187. The average Bonchev–Trinajstić information content (AvgIpc) is 2.77. The van der Waals surface area contributed by atoms with Crippen LogP contribution in [0.3, 0.4) is 0 Å². The molecule has 0 saturated carbocycles. The number of aliphatic hydroxyl groups is 1. The Morgan fingerprint density at radius 3 is 2.82 bits per heavy atom. The van der Waals surface area contributed by atoms with Crippen molar-refractivity contribution in [2.75, 3.05) is 6.61 Å². The first kappa shape index (κ1) is 12.1. The quantitative estimate of drug-likeness (QED) is 0.782. The summed E-state index contributed by atoms with van der Waals surface area (Å²) >= 11 is 0. The van der Waals surface area contributed by atoms with E-state index in [1.54, 1.807) is 0 Å². The Morgan fingerprint density at radius 1 is 1.41 bits per heavy atom. The van der Waals surface area contributed by atoms with Crippen LogP contribution in [0.25, 0.3) is 0 Å². The van der Waals surface area contributed by atoms with Crippen LogP contribution in [0.1, 0.15) is 18.4 Å². The summed E-state index contributed by atoms with van der Waals surface area (Å²) in [7, 11) is 0. The van der Waals surface area contributed by atoms with Crippen molar-refractivity contribution in [3.63, 3.8) is 0 Å². The summed E-state index contributed by atoms with van der Waals surface area (Å²) in [5, 5.41) is 9.74. The van der Waals surface area contributed by atoms with E-state index in [2.05, 4.69) is 0 Å². The highest BCUT2D eigenvalue weighted by Gasteiger charge is 2.29. The number of hydrogen-bond donors (Lipinski definition) is 1. The van der Waals surface area contributed by atoms with Gasteiger partial charge in [-0.15, -0.1) is 0 Å². The van der Waals surface area contributed by atoms with Crippen LogP contribution in [0.5, 0.6) is 0 Å². The monoisotopic (exact) mass is 236 g/mol. The van der Waals surface area contributed by atoms with Crippen molar-refractivity contribution in [2.45, 2.75) is 31.7 Å². The molecule has 0 bridgehead atoms. The van der Waals surface area contributed by atoms with Crippen molar-refractivity contribution < 1.29 is 19.4 Å². The molecule has 0 aromatic heterocycles. The molecule has 2 rings (SSSR count). The fourth-order valence-electron chi connectivity index (χ4n) is 1.80. The van der Waals surface area contributed by atoms with E-state index in [1.165, 1.54) is 0 Å². The van der Waals surface area contributed by atoms with Crippen LogP contribution < -0.4 is 0 Å². The van der Waals surface area contributed by atoms with Gasteiger partial charge in [0, 0.05) is 6.42 Å². The Balaban J connectivity index is 1.70. The van der Waals surface area contributed by atoms with Gasteiger partial charge in [-0.2, -0.15) is 0 Å². The van der Waals surface area contributed by atoms with E-state index in [9.17, 15) is 9.90 Å². The second kappa shape index (κ2) is 5.80. The maximum atomic E-state index is 10.9. The highest BCUT2D eigenvalue weighted by Crippen LogP contribution is 2.17. The SMILES string of the molecule is O=C1CC[C@H]([C@@H](O)COCc2ccccc2)O1. The average molecular weight is 236 g/mol. The number of carbonyl (C=O) groups is 1. The number of aliphatic hydroxyl groups excluding tert-OH is 1. The third-order valence-corrected chi connectivity index (χ3v) is 2.75. The third kappa shape index (κ3) is 3.54. The van der Waals surface area contributed by atoms with Crippen molar-refractivity contribution in [1.82, 2.24) is 0 Å². The Hall–Kier alpha value is -1.39. The lowest BCUT2D eigenvalue weighted by Crippen LogP contribution is -2.30. The molecule has 1 fully saturated rings. The van der Waals surface area contributed by atoms with E-state index in [1.807, 2.05) is 30.3 Å². The molecule has 4 heteroatoms. The zero-order valence-electron chi connectivity index (χ0n) is 9.54. The van der Waals surface area contributed by atoms with Crippen LogP contribution in [0.2, 0.25) is 0 Å². The van der Waals surface area contributed by atoms with Gasteiger partial charge in [0.25, 0.3) is 0 Å². The molecular weight excluding hydrogens is 220 g/mol. The Bertz CT molecular complexity index is 363. The molecule has 4 nitrogen and oxygen atoms in total. The topological polar surface area (TPSA) is 55.8 Å². The van der Waals surface area contributed by atoms with Crippen LogP contribution in [0.15, 0.2) is 30.3 Å². The van der Waals surface area contributed by atoms with E-state index in [0.29, 0.717) is 19.4 Å². The van der Waals surface area contributed by atoms with Crippen molar-refractivity contribution >= 4 is 5.97 Å². The predicted octanol–water partition coefficient (Wildman–Crippen LogP) is 1.27. The molecule has 1 saturated heterocycles. The minimum Gasteiger partial charge on any atom is -0.459 e. The van der Waals surface area contributed by atoms with Gasteiger partial charge in [-0.25, -0.2) is 0 Å². The summed E-state index contributed by atoms with van der Waals surface area (Å²) in [5.74, 6) is -0.239. The molecule has 1 heterocycles. The minimum atomic E-state index is -0.731. The van der Waals surface area contributed by atoms with E-state index < -0.39 is 12.2 Å². The summed E-state index contributed by atoms with van der Waals surface area (Å²) < 4.78 is 10.3. The molecule has 0 amide bonds. The van der Waals surface area contributed by atoms with Gasteiger partial charge < -0.3 is 14.6 Å². The summed E-state index contributed by atoms with van der Waals surface area (Å²) in [6.45, 7) is 0.644. The fourth-order valence-corrected chi connectivity index (χ4v) is 1.80. The molecule has 0 spiro atoms. The first-order valence-electron chi connectivity index (χ1n) is 5.75. The molecule has 17 heavy (non-hydrogen) atoms. The second-order valence-corrected chi connectivity index (χ2v) is 4.14. The highest BCUT2D eigenvalue weighted by atomic mass is 16.6. The van der Waals surface area contributed by atoms with Crippen LogP contribution in [0, 0.1) is 0 Å². The van der Waals surface area contributed by atoms with Crippen LogP contribution in [-0.4, -0.2) is 29.9 Å². The molecule has 0 radical (unpaired) electrons. The lowest BCUT2D eigenvalue weighted by molar-refractivity contribution is -0.147. The van der Waals surface area contributed by atoms with Gasteiger partial charge >= 0.3 is 5.97 Å². The lowest BCUT2D eigenvalue weighted by Gasteiger charge is -2.16. The number of cyclic esters (lactones) is 1. The number of hydrogen-bond acceptors (Lipinski definition) is 4. The number of carbonyl (C=O) groups excluding carboxylic acids is 1. The van der Waals surface area contributed by atoms with E-state index in [0.717, 1.165) is 5.56 Å². The second-order valence-electron chi connectivity index (χ2n) is 4.14. The van der Waals surface area contributed by atoms with Gasteiger partial charge in [0.2, 0.25) is 0 Å². The first-order valence-corrected chi connectivity index (χ1v) is 5.75. The van der Waals surface area contributed by atoms with Gasteiger partial charge in [-0.05, 0) is 12.0 Å². The zero-order valence-corrected chi connectivity index (χ0v) is 9.54. The summed E-state index contributed by atoms with van der Waals surface area (Å²) in [6.07, 6.45) is -0.168. The van der Waals surface area contributed by atoms with Crippen molar-refractivity contribution in [3.05, 3.63) is 35.9 Å². The van der Waals surface area contributed by atoms with Crippen LogP contribution in [-0.2, 0) is 20.9 Å². The van der Waals surface area contributed by atoms with E-state index >= 15 is 0 Å². The van der Waals surface area contributed by atoms with Crippen LogP contribution in [0.4, 0.5) is 0 Å². The maximum absolute atomic E-state index is 10.9. The van der Waals surface area contributed by atoms with Gasteiger partial charge in [0.05, 0.1) is 13.2 Å². The smallest absolute Gasteiger partial charge is 0.306 e. The molecular formula is C13H16O4. The standard InChI is InChI=1S/C13H16O4/c14-11(12-6-7-13(15)17-12)9-16-8-10-4-2-1-3-5-10/h1-5,11-12,14H,6-9H2/t11-,12+/m0/s1. The summed E-state index contributed by atoms with van der Waals surface area (Å²) in [6, 6.07) is 9.74. The Morgan fingerprint density at radius 2 is 2.18 bits per heavy atom. The highest BCUT2D eigenvalue weighted by molar-refractivity contribution is 5.71.